The highest BCUT2D eigenvalue weighted by atomic mass is 16.5. The fraction of sp³-hybridized carbons (Fsp3) is 0.200. The smallest absolute Gasteiger partial charge is 0.328 e. The summed E-state index contributed by atoms with van der Waals surface area (Å²) < 4.78 is 15.6. The predicted molar refractivity (Wildman–Crippen MR) is 76.9 cm³/mol. The maximum atomic E-state index is 11.5. The molecule has 6 nitrogen and oxygen atoms in total. The van der Waals surface area contributed by atoms with Crippen LogP contribution < -0.4 is 14.2 Å². The van der Waals surface area contributed by atoms with Gasteiger partial charge >= 0.3 is 5.97 Å². The Bertz CT molecular complexity index is 586. The van der Waals surface area contributed by atoms with Gasteiger partial charge < -0.3 is 19.3 Å². The number of carbonyl (C=O) groups excluding carboxylic acids is 1. The highest BCUT2D eigenvalue weighted by Crippen LogP contribution is 2.40. The molecule has 112 valence electrons. The number of allylic oxidation sites excluding steroid dienone is 2. The van der Waals surface area contributed by atoms with Crippen LogP contribution in [0.2, 0.25) is 0 Å². The number of carboxylic acid groups (broad SMARTS) is 1. The van der Waals surface area contributed by atoms with Gasteiger partial charge in [-0.2, -0.15) is 0 Å². The van der Waals surface area contributed by atoms with Crippen LogP contribution in [-0.2, 0) is 9.59 Å². The fourth-order valence-corrected chi connectivity index (χ4v) is 1.64. The summed E-state index contributed by atoms with van der Waals surface area (Å²) in [4.78, 5) is 21.8. The number of methoxy groups -OCH3 is 3. The minimum Gasteiger partial charge on any atom is -0.493 e. The van der Waals surface area contributed by atoms with Crippen LogP contribution in [0.5, 0.6) is 17.2 Å². The van der Waals surface area contributed by atoms with Crippen LogP contribution in [0.15, 0.2) is 30.4 Å². The van der Waals surface area contributed by atoms with E-state index in [2.05, 4.69) is 0 Å². The van der Waals surface area contributed by atoms with Crippen LogP contribution in [0.3, 0.4) is 0 Å². The lowest BCUT2D eigenvalue weighted by molar-refractivity contribution is -0.131. The van der Waals surface area contributed by atoms with Gasteiger partial charge in [0.1, 0.15) is 0 Å². The molecule has 0 aromatic heterocycles. The predicted octanol–water partition coefficient (Wildman–Crippen LogP) is 1.94. The lowest BCUT2D eigenvalue weighted by Gasteiger charge is -2.13. The third-order valence-electron chi connectivity index (χ3n) is 2.55. The van der Waals surface area contributed by atoms with Crippen molar-refractivity contribution in [2.75, 3.05) is 21.3 Å². The van der Waals surface area contributed by atoms with Crippen molar-refractivity contribution in [1.82, 2.24) is 0 Å². The molecule has 0 atom stereocenters. The number of benzene rings is 1. The molecule has 0 fully saturated rings. The lowest BCUT2D eigenvalue weighted by Crippen LogP contribution is -1.97. The fourth-order valence-electron chi connectivity index (χ4n) is 1.64. The Kier molecular flexibility index (Phi) is 6.00. The van der Waals surface area contributed by atoms with E-state index < -0.39 is 11.8 Å². The standard InChI is InChI=1S/C15H16O6/c1-19-12-8-5-10(14(20-2)15(12)21-3)4-6-11(16)7-9-13(17)18/h4-9H,1-3H3,(H,17,18). The van der Waals surface area contributed by atoms with E-state index in [4.69, 9.17) is 19.3 Å². The van der Waals surface area contributed by atoms with Gasteiger partial charge in [0.15, 0.2) is 17.3 Å². The Balaban J connectivity index is 3.08. The molecular formula is C15H16O6. The summed E-state index contributed by atoms with van der Waals surface area (Å²) in [6, 6.07) is 3.38. The number of aliphatic carboxylic acids is 1. The summed E-state index contributed by atoms with van der Waals surface area (Å²) in [5.41, 5.74) is 0.604. The maximum Gasteiger partial charge on any atom is 0.328 e. The molecule has 1 rings (SSSR count). The first-order chi connectivity index (χ1) is 10.0. The van der Waals surface area contributed by atoms with Gasteiger partial charge in [-0.25, -0.2) is 4.79 Å². The van der Waals surface area contributed by atoms with E-state index >= 15 is 0 Å². The van der Waals surface area contributed by atoms with Crippen molar-refractivity contribution < 1.29 is 28.9 Å². The Morgan fingerprint density at radius 3 is 2.14 bits per heavy atom. The molecule has 0 unspecified atom stereocenters. The number of carboxylic acids is 1. The second kappa shape index (κ2) is 7.74. The zero-order valence-electron chi connectivity index (χ0n) is 12.0. The van der Waals surface area contributed by atoms with Crippen LogP contribution >= 0.6 is 0 Å². The number of rotatable bonds is 7. The molecule has 0 saturated heterocycles. The molecule has 0 spiro atoms. The largest absolute Gasteiger partial charge is 0.493 e. The Hall–Kier alpha value is -2.76. The van der Waals surface area contributed by atoms with Gasteiger partial charge in [0.05, 0.1) is 21.3 Å². The van der Waals surface area contributed by atoms with Crippen molar-refractivity contribution in [3.05, 3.63) is 35.9 Å². The number of hydrogen-bond acceptors (Lipinski definition) is 5. The zero-order valence-corrected chi connectivity index (χ0v) is 12.0. The van der Waals surface area contributed by atoms with E-state index in [-0.39, 0.29) is 0 Å². The molecule has 0 heterocycles. The summed E-state index contributed by atoms with van der Waals surface area (Å²) in [6.45, 7) is 0. The van der Waals surface area contributed by atoms with Crippen molar-refractivity contribution in [3.8, 4) is 17.2 Å². The van der Waals surface area contributed by atoms with E-state index in [0.717, 1.165) is 12.2 Å². The first-order valence-corrected chi connectivity index (χ1v) is 5.95. The molecule has 0 aliphatic heterocycles. The van der Waals surface area contributed by atoms with Crippen molar-refractivity contribution >= 4 is 17.8 Å². The quantitative estimate of drug-likeness (QED) is 0.773. The number of hydrogen-bond donors (Lipinski definition) is 1. The highest BCUT2D eigenvalue weighted by molar-refractivity contribution is 6.04. The average molecular weight is 292 g/mol. The van der Waals surface area contributed by atoms with Gasteiger partial charge in [-0.05, 0) is 30.4 Å². The minimum absolute atomic E-state index is 0.413. The summed E-state index contributed by atoms with van der Waals surface area (Å²) >= 11 is 0. The molecular weight excluding hydrogens is 276 g/mol. The summed E-state index contributed by atoms with van der Waals surface area (Å²) in [5.74, 6) is -0.294. The molecule has 21 heavy (non-hydrogen) atoms. The maximum absolute atomic E-state index is 11.5. The Labute approximate surface area is 122 Å². The van der Waals surface area contributed by atoms with Gasteiger partial charge in [-0.15, -0.1) is 0 Å². The van der Waals surface area contributed by atoms with E-state index in [1.165, 1.54) is 33.5 Å². The van der Waals surface area contributed by atoms with E-state index in [1.54, 1.807) is 12.1 Å². The van der Waals surface area contributed by atoms with Crippen LogP contribution in [0.4, 0.5) is 0 Å². The van der Waals surface area contributed by atoms with Gasteiger partial charge in [-0.3, -0.25) is 4.79 Å². The van der Waals surface area contributed by atoms with E-state index in [1.807, 2.05) is 0 Å². The second-order valence-electron chi connectivity index (χ2n) is 3.83. The van der Waals surface area contributed by atoms with E-state index in [9.17, 15) is 9.59 Å². The number of ether oxygens (including phenoxy) is 3. The Morgan fingerprint density at radius 2 is 1.62 bits per heavy atom. The van der Waals surface area contributed by atoms with Crippen LogP contribution in [-0.4, -0.2) is 38.2 Å². The minimum atomic E-state index is -1.18. The molecule has 0 amide bonds. The van der Waals surface area contributed by atoms with Crippen LogP contribution in [0.1, 0.15) is 5.56 Å². The van der Waals surface area contributed by atoms with Gasteiger partial charge in [0.2, 0.25) is 5.75 Å². The average Bonchev–Trinajstić information content (AvgIpc) is 2.49. The molecule has 1 aromatic rings. The highest BCUT2D eigenvalue weighted by Gasteiger charge is 2.14. The van der Waals surface area contributed by atoms with Crippen molar-refractivity contribution in [2.45, 2.75) is 0 Å². The number of ketones is 1. The summed E-state index contributed by atoms with van der Waals surface area (Å²) in [5, 5.41) is 8.44. The van der Waals surface area contributed by atoms with E-state index in [0.29, 0.717) is 22.8 Å². The zero-order chi connectivity index (χ0) is 15.8. The molecule has 0 radical (unpaired) electrons. The topological polar surface area (TPSA) is 82.1 Å². The molecule has 0 saturated carbocycles. The van der Waals surface area contributed by atoms with Gasteiger partial charge in [0, 0.05) is 11.6 Å². The van der Waals surface area contributed by atoms with Crippen LogP contribution in [0, 0.1) is 0 Å². The molecule has 0 aliphatic carbocycles. The van der Waals surface area contributed by atoms with Gasteiger partial charge in [-0.1, -0.05) is 0 Å². The SMILES string of the molecule is COc1ccc(C=CC(=O)C=CC(=O)O)c(OC)c1OC. The van der Waals surface area contributed by atoms with Crippen molar-refractivity contribution in [2.24, 2.45) is 0 Å². The third-order valence-corrected chi connectivity index (χ3v) is 2.55. The molecule has 0 aliphatic rings. The summed E-state index contributed by atoms with van der Waals surface area (Å²) in [6.07, 6.45) is 4.49. The normalized spacial score (nSPS) is 10.8. The molecule has 6 heteroatoms. The monoisotopic (exact) mass is 292 g/mol. The first-order valence-electron chi connectivity index (χ1n) is 5.95. The third kappa shape index (κ3) is 4.38. The lowest BCUT2D eigenvalue weighted by atomic mass is 10.1. The number of carbonyl (C=O) groups is 2. The van der Waals surface area contributed by atoms with Crippen LogP contribution in [0.25, 0.3) is 6.08 Å². The molecule has 1 aromatic carbocycles. The van der Waals surface area contributed by atoms with Crippen molar-refractivity contribution in [1.29, 1.82) is 0 Å². The molecule has 0 bridgehead atoms. The second-order valence-corrected chi connectivity index (χ2v) is 3.83. The first kappa shape index (κ1) is 16.3. The van der Waals surface area contributed by atoms with Gasteiger partial charge in [0.25, 0.3) is 0 Å². The molecule has 1 N–H and O–H groups in total. The van der Waals surface area contributed by atoms with Crippen molar-refractivity contribution in [3.63, 3.8) is 0 Å². The summed E-state index contributed by atoms with van der Waals surface area (Å²) in [7, 11) is 4.46. The Morgan fingerprint density at radius 1 is 0.952 bits per heavy atom.